The molecule has 0 aliphatic carbocycles. The molecule has 1 aliphatic heterocycles. The summed E-state index contributed by atoms with van der Waals surface area (Å²) in [5.74, 6) is -1.44. The van der Waals surface area contributed by atoms with Gasteiger partial charge in [-0.15, -0.1) is 0 Å². The molecule has 2 N–H and O–H groups in total. The standard InChI is InChI=1S/C28H24N2O6S/c1-3-18-7-4-5-9-22(18)30-26(32)21(25(31)29-28(30)37)15-20-8-6-10-23(35-2)24(20)36-16-17-11-13-19(14-12-17)27(33)34/h4-15H,3,16H2,1-2H3,(H,33,34)(H,29,31,37)/b21-15+. The molecule has 1 fully saturated rings. The van der Waals surface area contributed by atoms with E-state index in [9.17, 15) is 14.4 Å². The Kier molecular flexibility index (Phi) is 7.64. The molecule has 188 valence electrons. The number of aryl methyl sites for hydroxylation is 1. The summed E-state index contributed by atoms with van der Waals surface area (Å²) in [7, 11) is 1.49. The Morgan fingerprint density at radius 2 is 1.78 bits per heavy atom. The predicted molar refractivity (Wildman–Crippen MR) is 143 cm³/mol. The van der Waals surface area contributed by atoms with E-state index in [2.05, 4.69) is 5.32 Å². The highest BCUT2D eigenvalue weighted by atomic mass is 32.1. The van der Waals surface area contributed by atoms with Gasteiger partial charge in [0.15, 0.2) is 16.6 Å². The van der Waals surface area contributed by atoms with Crippen LogP contribution >= 0.6 is 12.2 Å². The molecule has 37 heavy (non-hydrogen) atoms. The Hall–Kier alpha value is -4.50. The van der Waals surface area contributed by atoms with Crippen LogP contribution in [0.5, 0.6) is 11.5 Å². The van der Waals surface area contributed by atoms with E-state index >= 15 is 0 Å². The third-order valence-electron chi connectivity index (χ3n) is 5.83. The molecule has 0 saturated carbocycles. The van der Waals surface area contributed by atoms with E-state index in [1.165, 1.54) is 30.2 Å². The zero-order valence-corrected chi connectivity index (χ0v) is 21.0. The lowest BCUT2D eigenvalue weighted by Crippen LogP contribution is -2.54. The van der Waals surface area contributed by atoms with Gasteiger partial charge in [-0.1, -0.05) is 49.4 Å². The lowest BCUT2D eigenvalue weighted by atomic mass is 10.0. The quantitative estimate of drug-likeness (QED) is 0.260. The number of nitrogens with one attached hydrogen (secondary N) is 1. The Balaban J connectivity index is 1.69. The number of rotatable bonds is 8. The van der Waals surface area contributed by atoms with Gasteiger partial charge in [0, 0.05) is 5.56 Å². The first-order valence-electron chi connectivity index (χ1n) is 11.5. The number of anilines is 1. The van der Waals surface area contributed by atoms with E-state index in [1.54, 1.807) is 42.5 Å². The monoisotopic (exact) mass is 516 g/mol. The number of carbonyl (C=O) groups is 3. The normalized spacial score (nSPS) is 14.5. The van der Waals surface area contributed by atoms with Crippen molar-refractivity contribution in [2.75, 3.05) is 12.0 Å². The highest BCUT2D eigenvalue weighted by molar-refractivity contribution is 7.80. The molecule has 1 heterocycles. The molecule has 0 spiro atoms. The summed E-state index contributed by atoms with van der Waals surface area (Å²) in [6.45, 7) is 2.08. The molecule has 9 heteroatoms. The summed E-state index contributed by atoms with van der Waals surface area (Å²) in [6.07, 6.45) is 2.13. The number of carboxylic acid groups (broad SMARTS) is 1. The molecule has 0 radical (unpaired) electrons. The van der Waals surface area contributed by atoms with Gasteiger partial charge in [0.2, 0.25) is 0 Å². The molecule has 0 atom stereocenters. The van der Waals surface area contributed by atoms with Crippen LogP contribution < -0.4 is 19.7 Å². The van der Waals surface area contributed by atoms with Crippen molar-refractivity contribution >= 4 is 46.9 Å². The largest absolute Gasteiger partial charge is 0.493 e. The maximum Gasteiger partial charge on any atom is 0.335 e. The smallest absolute Gasteiger partial charge is 0.335 e. The molecular weight excluding hydrogens is 492 g/mol. The van der Waals surface area contributed by atoms with Crippen molar-refractivity contribution in [3.05, 3.63) is 94.6 Å². The van der Waals surface area contributed by atoms with Crippen LogP contribution in [-0.2, 0) is 22.6 Å². The van der Waals surface area contributed by atoms with Gasteiger partial charge in [0.1, 0.15) is 12.2 Å². The van der Waals surface area contributed by atoms with Crippen molar-refractivity contribution in [3.8, 4) is 11.5 Å². The van der Waals surface area contributed by atoms with E-state index in [0.29, 0.717) is 29.2 Å². The zero-order chi connectivity index (χ0) is 26.5. The summed E-state index contributed by atoms with van der Waals surface area (Å²) >= 11 is 5.34. The van der Waals surface area contributed by atoms with Gasteiger partial charge < -0.3 is 14.6 Å². The van der Waals surface area contributed by atoms with Crippen molar-refractivity contribution in [1.82, 2.24) is 5.32 Å². The number of amides is 2. The Labute approximate surface area is 219 Å². The van der Waals surface area contributed by atoms with Crippen LogP contribution in [0.4, 0.5) is 5.69 Å². The van der Waals surface area contributed by atoms with Crippen molar-refractivity contribution in [3.63, 3.8) is 0 Å². The minimum Gasteiger partial charge on any atom is -0.493 e. The fourth-order valence-corrected chi connectivity index (χ4v) is 4.19. The summed E-state index contributed by atoms with van der Waals surface area (Å²) < 4.78 is 11.5. The van der Waals surface area contributed by atoms with Crippen LogP contribution in [0, 0.1) is 0 Å². The number of aromatic carboxylic acids is 1. The van der Waals surface area contributed by atoms with Crippen molar-refractivity contribution in [2.24, 2.45) is 0 Å². The average molecular weight is 517 g/mol. The minimum atomic E-state index is -1.02. The van der Waals surface area contributed by atoms with Crippen LogP contribution in [0.15, 0.2) is 72.3 Å². The van der Waals surface area contributed by atoms with Gasteiger partial charge in [0.25, 0.3) is 11.8 Å². The van der Waals surface area contributed by atoms with Crippen LogP contribution in [0.2, 0.25) is 0 Å². The number of hydrogen-bond acceptors (Lipinski definition) is 6. The number of carboxylic acids is 1. The number of ether oxygens (including phenoxy) is 2. The lowest BCUT2D eigenvalue weighted by Gasteiger charge is -2.30. The molecule has 2 amide bonds. The number of benzene rings is 3. The van der Waals surface area contributed by atoms with Gasteiger partial charge in [-0.3, -0.25) is 19.8 Å². The van der Waals surface area contributed by atoms with Crippen LogP contribution in [0.3, 0.4) is 0 Å². The first kappa shape index (κ1) is 25.6. The lowest BCUT2D eigenvalue weighted by molar-refractivity contribution is -0.122. The van der Waals surface area contributed by atoms with E-state index < -0.39 is 17.8 Å². The van der Waals surface area contributed by atoms with Gasteiger partial charge >= 0.3 is 5.97 Å². The maximum atomic E-state index is 13.5. The van der Waals surface area contributed by atoms with Crippen molar-refractivity contribution < 1.29 is 29.0 Å². The second-order valence-electron chi connectivity index (χ2n) is 8.11. The van der Waals surface area contributed by atoms with Gasteiger partial charge in [-0.2, -0.15) is 0 Å². The van der Waals surface area contributed by atoms with Crippen LogP contribution in [0.1, 0.15) is 34.0 Å². The highest BCUT2D eigenvalue weighted by Crippen LogP contribution is 2.34. The van der Waals surface area contributed by atoms with Gasteiger partial charge in [-0.05, 0) is 60.1 Å². The van der Waals surface area contributed by atoms with Gasteiger partial charge in [-0.25, -0.2) is 4.79 Å². The summed E-state index contributed by atoms with van der Waals surface area (Å²) in [5.41, 5.74) is 2.76. The molecule has 1 aliphatic rings. The molecule has 3 aromatic rings. The number of carbonyl (C=O) groups excluding carboxylic acids is 2. The number of para-hydroxylation sites is 2. The minimum absolute atomic E-state index is 0.0139. The molecule has 0 unspecified atom stereocenters. The first-order valence-corrected chi connectivity index (χ1v) is 11.9. The van der Waals surface area contributed by atoms with Crippen molar-refractivity contribution in [1.29, 1.82) is 0 Å². The summed E-state index contributed by atoms with van der Waals surface area (Å²) in [4.78, 5) is 38.8. The highest BCUT2D eigenvalue weighted by Gasteiger charge is 2.35. The maximum absolute atomic E-state index is 13.5. The molecule has 8 nitrogen and oxygen atoms in total. The topological polar surface area (TPSA) is 105 Å². The van der Waals surface area contributed by atoms with E-state index in [4.69, 9.17) is 26.8 Å². The third kappa shape index (κ3) is 5.36. The molecular formula is C28H24N2O6S. The zero-order valence-electron chi connectivity index (χ0n) is 20.2. The molecule has 4 rings (SSSR count). The van der Waals surface area contributed by atoms with E-state index in [-0.39, 0.29) is 22.9 Å². The molecule has 3 aromatic carbocycles. The number of hydrogen-bond donors (Lipinski definition) is 2. The summed E-state index contributed by atoms with van der Waals surface area (Å²) in [6, 6.07) is 18.8. The third-order valence-corrected chi connectivity index (χ3v) is 6.11. The molecule has 1 saturated heterocycles. The predicted octanol–water partition coefficient (Wildman–Crippen LogP) is 4.37. The number of methoxy groups -OCH3 is 1. The van der Waals surface area contributed by atoms with Gasteiger partial charge in [0.05, 0.1) is 18.4 Å². The average Bonchev–Trinajstić information content (AvgIpc) is 2.90. The van der Waals surface area contributed by atoms with E-state index in [1.807, 2.05) is 19.1 Å². The SMILES string of the molecule is CCc1ccccc1N1C(=O)/C(=C/c2cccc(OC)c2OCc2ccc(C(=O)O)cc2)C(=O)NC1=S. The Bertz CT molecular complexity index is 1410. The Morgan fingerprint density at radius 1 is 1.05 bits per heavy atom. The van der Waals surface area contributed by atoms with Crippen LogP contribution in [0.25, 0.3) is 6.08 Å². The molecule has 0 aromatic heterocycles. The van der Waals surface area contributed by atoms with Crippen molar-refractivity contribution in [2.45, 2.75) is 20.0 Å². The van der Waals surface area contributed by atoms with Crippen LogP contribution in [-0.4, -0.2) is 35.1 Å². The number of thiocarbonyl (C=S) groups is 1. The first-order chi connectivity index (χ1) is 17.8. The second kappa shape index (κ2) is 11.0. The summed E-state index contributed by atoms with van der Waals surface area (Å²) in [5, 5.41) is 11.7. The second-order valence-corrected chi connectivity index (χ2v) is 8.50. The Morgan fingerprint density at radius 3 is 2.46 bits per heavy atom. The fourth-order valence-electron chi connectivity index (χ4n) is 3.92. The number of nitrogens with zero attached hydrogens (tertiary/aromatic N) is 1. The fraction of sp³-hybridized carbons (Fsp3) is 0.143. The van der Waals surface area contributed by atoms with E-state index in [0.717, 1.165) is 11.1 Å². The molecule has 0 bridgehead atoms.